The Morgan fingerprint density at radius 1 is 0.852 bits per heavy atom. The highest BCUT2D eigenvalue weighted by atomic mass is 32.2. The summed E-state index contributed by atoms with van der Waals surface area (Å²) >= 11 is 0. The van der Waals surface area contributed by atoms with Gasteiger partial charge in [0.25, 0.3) is 11.8 Å². The fourth-order valence-electron chi connectivity index (χ4n) is 2.62. The number of rotatable bonds is 8. The summed E-state index contributed by atoms with van der Waals surface area (Å²) in [6.45, 7) is 4.24. The summed E-state index contributed by atoms with van der Waals surface area (Å²) in [7, 11) is -3.56. The number of carbonyl (C=O) groups excluding carboxylic acids is 2. The maximum atomic E-state index is 12.8. The van der Waals surface area contributed by atoms with Crippen molar-refractivity contribution in [3.05, 3.63) is 59.7 Å². The Morgan fingerprint density at radius 3 is 2.15 bits per heavy atom. The number of amides is 2. The summed E-state index contributed by atoms with van der Waals surface area (Å²) in [4.78, 5) is 25.1. The molecule has 0 unspecified atom stereocenters. The van der Waals surface area contributed by atoms with Crippen molar-refractivity contribution in [3.8, 4) is 0 Å². The Morgan fingerprint density at radius 2 is 1.48 bits per heavy atom. The van der Waals surface area contributed by atoms with Crippen LogP contribution in [0.1, 0.15) is 47.4 Å². The van der Waals surface area contributed by atoms with Crippen LogP contribution in [0.25, 0.3) is 0 Å². The maximum absolute atomic E-state index is 12.8. The zero-order valence-electron chi connectivity index (χ0n) is 15.5. The van der Waals surface area contributed by atoms with Crippen LogP contribution in [0.5, 0.6) is 0 Å². The molecule has 0 radical (unpaired) electrons. The smallest absolute Gasteiger partial charge is 0.257 e. The standard InChI is InChI=1S/C20H24N2O4S/c1-3-13-21-19(23)15-9-5-7-11-17(15)22-20(24)16-10-6-8-12-18(16)27(25,26)14-4-2/h5-12H,3-4,13-14H2,1-2H3,(H,21,23)(H,22,24). The average Bonchev–Trinajstić information content (AvgIpc) is 2.66. The van der Waals surface area contributed by atoms with E-state index in [1.807, 2.05) is 6.92 Å². The van der Waals surface area contributed by atoms with Crippen LogP contribution in [0.4, 0.5) is 5.69 Å². The number of benzene rings is 2. The second-order valence-electron chi connectivity index (χ2n) is 6.07. The minimum absolute atomic E-state index is 0.00253. The van der Waals surface area contributed by atoms with Crippen LogP contribution in [0.3, 0.4) is 0 Å². The number of hydrogen-bond donors (Lipinski definition) is 2. The molecule has 0 aromatic heterocycles. The van der Waals surface area contributed by atoms with Gasteiger partial charge in [-0.25, -0.2) is 8.42 Å². The van der Waals surface area contributed by atoms with E-state index in [4.69, 9.17) is 0 Å². The Labute approximate surface area is 159 Å². The first kappa shape index (κ1) is 20.6. The molecule has 0 atom stereocenters. The monoisotopic (exact) mass is 388 g/mol. The van der Waals surface area contributed by atoms with Crippen LogP contribution < -0.4 is 10.6 Å². The highest BCUT2D eigenvalue weighted by Gasteiger charge is 2.22. The molecule has 7 heteroatoms. The van der Waals surface area contributed by atoms with Crippen molar-refractivity contribution in [2.45, 2.75) is 31.6 Å². The second-order valence-corrected chi connectivity index (χ2v) is 8.15. The van der Waals surface area contributed by atoms with Gasteiger partial charge in [-0.05, 0) is 37.1 Å². The van der Waals surface area contributed by atoms with E-state index in [2.05, 4.69) is 10.6 Å². The van der Waals surface area contributed by atoms with Gasteiger partial charge in [-0.1, -0.05) is 38.1 Å². The molecule has 0 fully saturated rings. The van der Waals surface area contributed by atoms with Crippen molar-refractivity contribution >= 4 is 27.3 Å². The molecule has 6 nitrogen and oxygen atoms in total. The molecular formula is C20H24N2O4S. The van der Waals surface area contributed by atoms with Gasteiger partial charge in [-0.3, -0.25) is 9.59 Å². The number of carbonyl (C=O) groups is 2. The normalized spacial score (nSPS) is 11.0. The predicted octanol–water partition coefficient (Wildman–Crippen LogP) is 3.26. The van der Waals surface area contributed by atoms with E-state index in [1.54, 1.807) is 43.3 Å². The van der Waals surface area contributed by atoms with Gasteiger partial charge >= 0.3 is 0 Å². The number of hydrogen-bond acceptors (Lipinski definition) is 4. The van der Waals surface area contributed by atoms with Crippen molar-refractivity contribution in [3.63, 3.8) is 0 Å². The van der Waals surface area contributed by atoms with Gasteiger partial charge in [0.05, 0.1) is 27.5 Å². The average molecular weight is 388 g/mol. The number of sulfone groups is 1. The van der Waals surface area contributed by atoms with E-state index >= 15 is 0 Å². The molecule has 0 spiro atoms. The molecule has 2 aromatic rings. The van der Waals surface area contributed by atoms with Crippen molar-refractivity contribution in [2.75, 3.05) is 17.6 Å². The van der Waals surface area contributed by atoms with Crippen LogP contribution in [-0.4, -0.2) is 32.5 Å². The quantitative estimate of drug-likeness (QED) is 0.726. The third kappa shape index (κ3) is 5.17. The van der Waals surface area contributed by atoms with Crippen molar-refractivity contribution in [1.82, 2.24) is 5.32 Å². The lowest BCUT2D eigenvalue weighted by molar-refractivity contribution is 0.0954. The molecule has 0 heterocycles. The van der Waals surface area contributed by atoms with Crippen LogP contribution >= 0.6 is 0 Å². The summed E-state index contributed by atoms with van der Waals surface area (Å²) in [5, 5.41) is 5.44. The summed E-state index contributed by atoms with van der Waals surface area (Å²) in [6, 6.07) is 12.7. The van der Waals surface area contributed by atoms with E-state index in [-0.39, 0.29) is 22.1 Å². The molecule has 2 N–H and O–H groups in total. The third-order valence-corrected chi connectivity index (χ3v) is 5.87. The first-order chi connectivity index (χ1) is 12.9. The number of anilines is 1. The van der Waals surface area contributed by atoms with Gasteiger partial charge in [-0.15, -0.1) is 0 Å². The molecule has 144 valence electrons. The minimum Gasteiger partial charge on any atom is -0.352 e. The van der Waals surface area contributed by atoms with Crippen LogP contribution in [0.2, 0.25) is 0 Å². The van der Waals surface area contributed by atoms with E-state index in [1.165, 1.54) is 12.1 Å². The van der Waals surface area contributed by atoms with Gasteiger partial charge in [-0.2, -0.15) is 0 Å². The second kappa shape index (κ2) is 9.32. The van der Waals surface area contributed by atoms with E-state index in [0.717, 1.165) is 6.42 Å². The van der Waals surface area contributed by atoms with Gasteiger partial charge in [0.1, 0.15) is 0 Å². The molecule has 0 aliphatic heterocycles. The highest BCUT2D eigenvalue weighted by Crippen LogP contribution is 2.21. The molecule has 27 heavy (non-hydrogen) atoms. The molecule has 2 aromatic carbocycles. The van der Waals surface area contributed by atoms with Gasteiger partial charge in [0, 0.05) is 6.54 Å². The third-order valence-electron chi connectivity index (χ3n) is 3.90. The van der Waals surface area contributed by atoms with Crippen molar-refractivity contribution in [1.29, 1.82) is 0 Å². The fourth-order valence-corrected chi connectivity index (χ4v) is 4.16. The largest absolute Gasteiger partial charge is 0.352 e. The first-order valence-electron chi connectivity index (χ1n) is 8.91. The zero-order chi connectivity index (χ0) is 19.9. The Bertz CT molecular complexity index is 923. The lowest BCUT2D eigenvalue weighted by atomic mass is 10.1. The van der Waals surface area contributed by atoms with E-state index in [9.17, 15) is 18.0 Å². The van der Waals surface area contributed by atoms with Crippen molar-refractivity contribution in [2.24, 2.45) is 0 Å². The maximum Gasteiger partial charge on any atom is 0.257 e. The van der Waals surface area contributed by atoms with Crippen LogP contribution in [0, 0.1) is 0 Å². The van der Waals surface area contributed by atoms with Gasteiger partial charge in [0.2, 0.25) is 0 Å². The number of nitrogens with one attached hydrogen (secondary N) is 2. The van der Waals surface area contributed by atoms with E-state index in [0.29, 0.717) is 24.2 Å². The zero-order valence-corrected chi connectivity index (χ0v) is 16.3. The topological polar surface area (TPSA) is 92.3 Å². The number of para-hydroxylation sites is 1. The van der Waals surface area contributed by atoms with Crippen molar-refractivity contribution < 1.29 is 18.0 Å². The Balaban J connectivity index is 2.34. The fraction of sp³-hybridized carbons (Fsp3) is 0.300. The van der Waals surface area contributed by atoms with E-state index < -0.39 is 15.7 Å². The summed E-state index contributed by atoms with van der Waals surface area (Å²) in [5.74, 6) is -0.895. The summed E-state index contributed by atoms with van der Waals surface area (Å²) in [6.07, 6.45) is 1.25. The van der Waals surface area contributed by atoms with Gasteiger partial charge < -0.3 is 10.6 Å². The molecule has 2 rings (SSSR count). The molecule has 0 aliphatic carbocycles. The van der Waals surface area contributed by atoms with Crippen LogP contribution in [-0.2, 0) is 9.84 Å². The van der Waals surface area contributed by atoms with Gasteiger partial charge in [0.15, 0.2) is 9.84 Å². The lowest BCUT2D eigenvalue weighted by Crippen LogP contribution is -2.26. The van der Waals surface area contributed by atoms with Crippen LogP contribution in [0.15, 0.2) is 53.4 Å². The highest BCUT2D eigenvalue weighted by molar-refractivity contribution is 7.91. The molecule has 0 saturated carbocycles. The lowest BCUT2D eigenvalue weighted by Gasteiger charge is -2.13. The first-order valence-corrected chi connectivity index (χ1v) is 10.6. The molecule has 2 amide bonds. The summed E-state index contributed by atoms with van der Waals surface area (Å²) in [5.41, 5.74) is 0.724. The Hall–Kier alpha value is -2.67. The predicted molar refractivity (Wildman–Crippen MR) is 106 cm³/mol. The Kier molecular flexibility index (Phi) is 7.12. The SMILES string of the molecule is CCCNC(=O)c1ccccc1NC(=O)c1ccccc1S(=O)(=O)CCC. The molecular weight excluding hydrogens is 364 g/mol. The minimum atomic E-state index is -3.56. The summed E-state index contributed by atoms with van der Waals surface area (Å²) < 4.78 is 24.9. The molecule has 0 saturated heterocycles. The molecule has 0 bridgehead atoms. The molecule has 0 aliphatic rings.